The highest BCUT2D eigenvalue weighted by Crippen LogP contribution is 2.01. The third-order valence-electron chi connectivity index (χ3n) is 1.05. The van der Waals surface area contributed by atoms with Crippen molar-refractivity contribution in [1.82, 2.24) is 0 Å². The van der Waals surface area contributed by atoms with Crippen molar-refractivity contribution in [3.05, 3.63) is 23.9 Å². The maximum atomic E-state index is 12.7. The highest BCUT2D eigenvalue weighted by molar-refractivity contribution is 5.92. The quantitative estimate of drug-likeness (QED) is 0.524. The lowest BCUT2D eigenvalue weighted by molar-refractivity contribution is 0.799. The molecule has 0 bridgehead atoms. The van der Waals surface area contributed by atoms with E-state index in [1.165, 1.54) is 0 Å². The van der Waals surface area contributed by atoms with Crippen LogP contribution in [0.2, 0.25) is 0 Å². The van der Waals surface area contributed by atoms with E-state index in [2.05, 4.69) is 11.6 Å². The van der Waals surface area contributed by atoms with Crippen molar-refractivity contribution in [2.75, 3.05) is 0 Å². The second-order valence-electron chi connectivity index (χ2n) is 2.11. The summed E-state index contributed by atoms with van der Waals surface area (Å²) >= 11 is 0. The topological polar surface area (TPSA) is 12.4 Å². The molecule has 0 aliphatic rings. The predicted molar refractivity (Wildman–Crippen MR) is 42.8 cm³/mol. The van der Waals surface area contributed by atoms with Gasteiger partial charge in [-0.3, -0.25) is 0 Å². The molecule has 0 heterocycles. The molecule has 0 saturated carbocycles. The molecule has 0 aliphatic heterocycles. The molecule has 0 atom stereocenters. The van der Waals surface area contributed by atoms with Crippen LogP contribution in [0, 0.1) is 0 Å². The van der Waals surface area contributed by atoms with Crippen LogP contribution in [0.4, 0.5) is 4.39 Å². The van der Waals surface area contributed by atoms with Crippen LogP contribution in [0.25, 0.3) is 0 Å². The second-order valence-corrected chi connectivity index (χ2v) is 2.11. The first kappa shape index (κ1) is 9.08. The van der Waals surface area contributed by atoms with Gasteiger partial charge in [-0.25, -0.2) is 4.99 Å². The number of aliphatic imine (C=N–C) groups is 1. The zero-order chi connectivity index (χ0) is 8.15. The first-order chi connectivity index (χ1) is 4.57. The van der Waals surface area contributed by atoms with Gasteiger partial charge in [0, 0.05) is 5.70 Å². The highest BCUT2D eigenvalue weighted by Gasteiger charge is 1.96. The summed E-state index contributed by atoms with van der Waals surface area (Å²) in [5, 5.41) is 0. The third kappa shape index (κ3) is 3.17. The Kier molecular flexibility index (Phi) is 3.62. The number of hydrogen-bond donors (Lipinski definition) is 0. The molecular weight excluding hydrogens is 129 g/mol. The Balaban J connectivity index is 4.35. The van der Waals surface area contributed by atoms with Gasteiger partial charge in [-0.2, -0.15) is 4.39 Å². The van der Waals surface area contributed by atoms with Gasteiger partial charge in [-0.05, 0) is 26.3 Å². The van der Waals surface area contributed by atoms with Crippen molar-refractivity contribution in [1.29, 1.82) is 0 Å². The molecule has 0 aromatic heterocycles. The molecule has 0 N–H and O–H groups in total. The molecule has 0 radical (unpaired) electrons. The number of halogens is 1. The SMILES string of the molecule is C=C(C)N=C(F)/C(C)=C\C. The van der Waals surface area contributed by atoms with Crippen LogP contribution in [0.1, 0.15) is 20.8 Å². The van der Waals surface area contributed by atoms with Crippen LogP contribution >= 0.6 is 0 Å². The van der Waals surface area contributed by atoms with Crippen molar-refractivity contribution in [3.8, 4) is 0 Å². The Morgan fingerprint density at radius 1 is 1.50 bits per heavy atom. The summed E-state index contributed by atoms with van der Waals surface area (Å²) in [7, 11) is 0. The standard InChI is InChI=1S/C8H12FN/c1-5-7(4)8(9)10-6(2)3/h5H,2H2,1,3-4H3/b7-5-,10-8?. The largest absolute Gasteiger partial charge is 0.226 e. The summed E-state index contributed by atoms with van der Waals surface area (Å²) in [6, 6.07) is 0. The molecule has 0 fully saturated rings. The molecule has 1 nitrogen and oxygen atoms in total. The molecule has 2 heteroatoms. The number of rotatable bonds is 2. The molecular formula is C8H12FN. The minimum atomic E-state index is -0.449. The Morgan fingerprint density at radius 2 is 2.00 bits per heavy atom. The Hall–Kier alpha value is -0.920. The van der Waals surface area contributed by atoms with Crippen molar-refractivity contribution in [2.45, 2.75) is 20.8 Å². The van der Waals surface area contributed by atoms with Gasteiger partial charge in [-0.1, -0.05) is 12.7 Å². The zero-order valence-corrected chi connectivity index (χ0v) is 6.61. The van der Waals surface area contributed by atoms with Gasteiger partial charge in [0.25, 0.3) is 0 Å². The highest BCUT2D eigenvalue weighted by atomic mass is 19.1. The lowest BCUT2D eigenvalue weighted by atomic mass is 10.3. The van der Waals surface area contributed by atoms with Crippen molar-refractivity contribution in [2.24, 2.45) is 4.99 Å². The van der Waals surface area contributed by atoms with E-state index in [-0.39, 0.29) is 0 Å². The summed E-state index contributed by atoms with van der Waals surface area (Å²) in [5.41, 5.74) is 1.03. The molecule has 0 aliphatic carbocycles. The van der Waals surface area contributed by atoms with Crippen molar-refractivity contribution >= 4 is 5.97 Å². The summed E-state index contributed by atoms with van der Waals surface area (Å²) in [5.74, 6) is -0.449. The molecule has 0 amide bonds. The van der Waals surface area contributed by atoms with Gasteiger partial charge in [0.1, 0.15) is 0 Å². The fourth-order valence-electron chi connectivity index (χ4n) is 0.375. The van der Waals surface area contributed by atoms with Crippen LogP contribution in [0.5, 0.6) is 0 Å². The van der Waals surface area contributed by atoms with Gasteiger partial charge in [0.05, 0.1) is 0 Å². The fourth-order valence-corrected chi connectivity index (χ4v) is 0.375. The van der Waals surface area contributed by atoms with Gasteiger partial charge in [0.2, 0.25) is 5.97 Å². The number of allylic oxidation sites excluding steroid dienone is 3. The second kappa shape index (κ2) is 3.99. The van der Waals surface area contributed by atoms with E-state index >= 15 is 0 Å². The van der Waals surface area contributed by atoms with E-state index in [0.29, 0.717) is 11.3 Å². The molecule has 0 spiro atoms. The van der Waals surface area contributed by atoms with Crippen LogP contribution in [-0.2, 0) is 0 Å². The van der Waals surface area contributed by atoms with E-state index in [4.69, 9.17) is 0 Å². The molecule has 0 aromatic carbocycles. The van der Waals surface area contributed by atoms with Crippen molar-refractivity contribution < 1.29 is 4.39 Å². The van der Waals surface area contributed by atoms with Crippen LogP contribution in [-0.4, -0.2) is 5.97 Å². The average Bonchev–Trinajstić information content (AvgIpc) is 1.85. The van der Waals surface area contributed by atoms with Crippen LogP contribution < -0.4 is 0 Å². The Labute approximate surface area is 61.0 Å². The van der Waals surface area contributed by atoms with Gasteiger partial charge < -0.3 is 0 Å². The van der Waals surface area contributed by atoms with E-state index < -0.39 is 5.97 Å². The summed E-state index contributed by atoms with van der Waals surface area (Å²) in [6.07, 6.45) is 1.67. The first-order valence-electron chi connectivity index (χ1n) is 3.11. The summed E-state index contributed by atoms with van der Waals surface area (Å²) < 4.78 is 12.7. The zero-order valence-electron chi connectivity index (χ0n) is 6.61. The smallest absolute Gasteiger partial charge is 0.215 e. The molecule has 0 unspecified atom stereocenters. The van der Waals surface area contributed by atoms with E-state index in [0.717, 1.165) is 0 Å². The predicted octanol–water partition coefficient (Wildman–Crippen LogP) is 2.85. The van der Waals surface area contributed by atoms with Crippen molar-refractivity contribution in [3.63, 3.8) is 0 Å². The first-order valence-corrected chi connectivity index (χ1v) is 3.11. The van der Waals surface area contributed by atoms with Gasteiger partial charge >= 0.3 is 0 Å². The lowest BCUT2D eigenvalue weighted by Crippen LogP contribution is -1.89. The molecule has 10 heavy (non-hydrogen) atoms. The van der Waals surface area contributed by atoms with Crippen LogP contribution in [0.15, 0.2) is 28.9 Å². The number of nitrogens with zero attached hydrogens (tertiary/aromatic N) is 1. The third-order valence-corrected chi connectivity index (χ3v) is 1.05. The molecule has 0 aromatic rings. The Bertz CT molecular complexity index is 189. The van der Waals surface area contributed by atoms with Crippen LogP contribution in [0.3, 0.4) is 0 Å². The summed E-state index contributed by atoms with van der Waals surface area (Å²) in [6.45, 7) is 8.55. The lowest BCUT2D eigenvalue weighted by Gasteiger charge is -1.93. The summed E-state index contributed by atoms with van der Waals surface area (Å²) in [4.78, 5) is 3.54. The van der Waals surface area contributed by atoms with E-state index in [1.54, 1.807) is 26.8 Å². The molecule has 0 rings (SSSR count). The maximum Gasteiger partial charge on any atom is 0.215 e. The maximum absolute atomic E-state index is 12.7. The number of hydrogen-bond acceptors (Lipinski definition) is 1. The minimum Gasteiger partial charge on any atom is -0.226 e. The van der Waals surface area contributed by atoms with Gasteiger partial charge in [-0.15, -0.1) is 0 Å². The normalized spacial score (nSPS) is 13.6. The molecule has 0 saturated heterocycles. The monoisotopic (exact) mass is 141 g/mol. The van der Waals surface area contributed by atoms with E-state index in [9.17, 15) is 4.39 Å². The Morgan fingerprint density at radius 3 is 2.30 bits per heavy atom. The molecule has 56 valence electrons. The van der Waals surface area contributed by atoms with E-state index in [1.807, 2.05) is 0 Å². The fraction of sp³-hybridized carbons (Fsp3) is 0.375. The average molecular weight is 141 g/mol. The minimum absolute atomic E-state index is 0.449. The van der Waals surface area contributed by atoms with Gasteiger partial charge in [0.15, 0.2) is 0 Å².